The Morgan fingerprint density at radius 1 is 1.60 bits per heavy atom. The van der Waals surface area contributed by atoms with Crippen LogP contribution in [-0.4, -0.2) is 30.7 Å². The SMILES string of the molecule is CCS(C)(C)NCC(N)=O. The highest BCUT2D eigenvalue weighted by molar-refractivity contribution is 8.31. The zero-order chi connectivity index (χ0) is 8.20. The summed E-state index contributed by atoms with van der Waals surface area (Å²) in [5, 5.41) is 0. The summed E-state index contributed by atoms with van der Waals surface area (Å²) in [4.78, 5) is 10.3. The van der Waals surface area contributed by atoms with Crippen molar-refractivity contribution >= 4 is 16.1 Å². The molecule has 0 rings (SSSR count). The molecule has 10 heavy (non-hydrogen) atoms. The Kier molecular flexibility index (Phi) is 3.75. The van der Waals surface area contributed by atoms with Crippen molar-refractivity contribution in [2.45, 2.75) is 6.92 Å². The molecule has 4 heteroatoms. The minimum atomic E-state index is -0.765. The largest absolute Gasteiger partial charge is 0.369 e. The molecule has 0 spiro atoms. The van der Waals surface area contributed by atoms with Gasteiger partial charge < -0.3 is 5.73 Å². The first-order chi connectivity index (χ1) is 4.48. The molecule has 0 unspecified atom stereocenters. The molecule has 0 aromatic heterocycles. The fourth-order valence-corrected chi connectivity index (χ4v) is 1.11. The highest BCUT2D eigenvalue weighted by Crippen LogP contribution is 2.32. The van der Waals surface area contributed by atoms with E-state index >= 15 is 0 Å². The molecular weight excluding hydrogens is 148 g/mol. The average molecular weight is 164 g/mol. The third-order valence-electron chi connectivity index (χ3n) is 1.36. The standard InChI is InChI=1S/C6H16N2OS/c1-4-10(2,3)8-5-6(7)9/h8H,4-5H2,1-3H3,(H2,7,9). The Labute approximate surface area is 63.8 Å². The fraction of sp³-hybridized carbons (Fsp3) is 0.833. The topological polar surface area (TPSA) is 55.1 Å². The normalized spacial score (nSPS) is 13.1. The van der Waals surface area contributed by atoms with E-state index in [-0.39, 0.29) is 5.91 Å². The van der Waals surface area contributed by atoms with Crippen LogP contribution in [0.25, 0.3) is 0 Å². The molecule has 0 aliphatic heterocycles. The van der Waals surface area contributed by atoms with Gasteiger partial charge in [-0.25, -0.2) is 0 Å². The van der Waals surface area contributed by atoms with Gasteiger partial charge in [0.15, 0.2) is 0 Å². The lowest BCUT2D eigenvalue weighted by Gasteiger charge is -2.30. The molecule has 0 fully saturated rings. The van der Waals surface area contributed by atoms with Crippen molar-refractivity contribution in [1.29, 1.82) is 0 Å². The van der Waals surface area contributed by atoms with Crippen LogP contribution in [0.2, 0.25) is 0 Å². The number of nitrogens with two attached hydrogens (primary N) is 1. The van der Waals surface area contributed by atoms with E-state index in [1.54, 1.807) is 0 Å². The third-order valence-corrected chi connectivity index (χ3v) is 3.73. The summed E-state index contributed by atoms with van der Waals surface area (Å²) in [7, 11) is -0.765. The summed E-state index contributed by atoms with van der Waals surface area (Å²) in [5.74, 6) is 0.786. The Morgan fingerprint density at radius 2 is 2.10 bits per heavy atom. The van der Waals surface area contributed by atoms with Crippen molar-refractivity contribution < 1.29 is 4.79 Å². The quantitative estimate of drug-likeness (QED) is 0.617. The maximum atomic E-state index is 10.3. The lowest BCUT2D eigenvalue weighted by molar-refractivity contribution is -0.116. The number of amides is 1. The molecule has 0 atom stereocenters. The number of primary amides is 1. The predicted octanol–water partition coefficient (Wildman–Crippen LogP) is 0.0604. The zero-order valence-corrected chi connectivity index (χ0v) is 7.62. The van der Waals surface area contributed by atoms with E-state index in [0.717, 1.165) is 5.75 Å². The zero-order valence-electron chi connectivity index (χ0n) is 6.81. The van der Waals surface area contributed by atoms with Crippen LogP contribution in [0.4, 0.5) is 0 Å². The van der Waals surface area contributed by atoms with E-state index in [1.807, 2.05) is 0 Å². The molecule has 62 valence electrons. The van der Waals surface area contributed by atoms with Gasteiger partial charge in [0.1, 0.15) is 0 Å². The minimum Gasteiger partial charge on any atom is -0.369 e. The highest BCUT2D eigenvalue weighted by Gasteiger charge is 2.07. The first-order valence-electron chi connectivity index (χ1n) is 3.22. The molecular formula is C6H16N2OS. The van der Waals surface area contributed by atoms with Gasteiger partial charge in [-0.15, -0.1) is 0 Å². The van der Waals surface area contributed by atoms with E-state index in [1.165, 1.54) is 0 Å². The van der Waals surface area contributed by atoms with Crippen LogP contribution >= 0.6 is 10.2 Å². The van der Waals surface area contributed by atoms with E-state index in [4.69, 9.17) is 5.73 Å². The number of rotatable bonds is 4. The third kappa shape index (κ3) is 4.64. The van der Waals surface area contributed by atoms with E-state index in [2.05, 4.69) is 24.2 Å². The van der Waals surface area contributed by atoms with Gasteiger partial charge in [-0.2, -0.15) is 10.2 Å². The van der Waals surface area contributed by atoms with Gasteiger partial charge in [-0.1, -0.05) is 6.92 Å². The number of nitrogens with one attached hydrogen (secondary N) is 1. The van der Waals surface area contributed by atoms with Crippen molar-refractivity contribution in [3.05, 3.63) is 0 Å². The van der Waals surface area contributed by atoms with Crippen LogP contribution in [-0.2, 0) is 4.79 Å². The van der Waals surface area contributed by atoms with Gasteiger partial charge in [0.25, 0.3) is 0 Å². The van der Waals surface area contributed by atoms with Crippen LogP contribution in [0, 0.1) is 0 Å². The molecule has 0 aromatic rings. The summed E-state index contributed by atoms with van der Waals surface area (Å²) in [6.07, 6.45) is 4.24. The molecule has 0 heterocycles. The number of carbonyl (C=O) groups is 1. The lowest BCUT2D eigenvalue weighted by Crippen LogP contribution is -2.31. The van der Waals surface area contributed by atoms with Gasteiger partial charge in [0.2, 0.25) is 5.91 Å². The predicted molar refractivity (Wildman–Crippen MR) is 47.2 cm³/mol. The minimum absolute atomic E-state index is 0.283. The van der Waals surface area contributed by atoms with E-state index in [0.29, 0.717) is 6.54 Å². The smallest absolute Gasteiger partial charge is 0.232 e. The van der Waals surface area contributed by atoms with E-state index in [9.17, 15) is 4.79 Å². The molecule has 3 nitrogen and oxygen atoms in total. The van der Waals surface area contributed by atoms with E-state index < -0.39 is 10.2 Å². The number of hydrogen-bond acceptors (Lipinski definition) is 2. The molecule has 0 aliphatic rings. The fourth-order valence-electron chi connectivity index (χ4n) is 0.369. The second-order valence-electron chi connectivity index (χ2n) is 2.61. The summed E-state index contributed by atoms with van der Waals surface area (Å²) in [6, 6.07) is 0. The molecule has 0 aromatic carbocycles. The van der Waals surface area contributed by atoms with Gasteiger partial charge in [-0.3, -0.25) is 9.52 Å². The van der Waals surface area contributed by atoms with Crippen LogP contribution in [0.1, 0.15) is 6.92 Å². The Morgan fingerprint density at radius 3 is 2.40 bits per heavy atom. The molecule has 3 N–H and O–H groups in total. The van der Waals surface area contributed by atoms with Crippen molar-refractivity contribution in [1.82, 2.24) is 4.72 Å². The Balaban J connectivity index is 3.56. The summed E-state index contributed by atoms with van der Waals surface area (Å²) < 4.78 is 3.12. The number of hydrogen-bond donors (Lipinski definition) is 2. The monoisotopic (exact) mass is 164 g/mol. The first-order valence-corrected chi connectivity index (χ1v) is 5.83. The van der Waals surface area contributed by atoms with Gasteiger partial charge >= 0.3 is 0 Å². The van der Waals surface area contributed by atoms with Crippen molar-refractivity contribution in [2.24, 2.45) is 5.73 Å². The molecule has 0 saturated heterocycles. The summed E-state index contributed by atoms with van der Waals surface area (Å²) >= 11 is 0. The molecule has 1 amide bonds. The van der Waals surface area contributed by atoms with Gasteiger partial charge in [0.05, 0.1) is 6.54 Å². The van der Waals surface area contributed by atoms with Crippen LogP contribution in [0.5, 0.6) is 0 Å². The van der Waals surface area contributed by atoms with Crippen LogP contribution < -0.4 is 10.5 Å². The van der Waals surface area contributed by atoms with Crippen molar-refractivity contribution in [3.63, 3.8) is 0 Å². The molecule has 0 saturated carbocycles. The van der Waals surface area contributed by atoms with Crippen molar-refractivity contribution in [2.75, 3.05) is 24.8 Å². The molecule has 0 bridgehead atoms. The Hall–Kier alpha value is -0.220. The second kappa shape index (κ2) is 3.83. The average Bonchev–Trinajstić information content (AvgIpc) is 1.85. The highest BCUT2D eigenvalue weighted by atomic mass is 32.3. The first kappa shape index (κ1) is 9.78. The van der Waals surface area contributed by atoms with Gasteiger partial charge in [-0.05, 0) is 18.3 Å². The Bertz CT molecular complexity index is 125. The molecule has 0 aliphatic carbocycles. The maximum absolute atomic E-state index is 10.3. The molecule has 0 radical (unpaired) electrons. The lowest BCUT2D eigenvalue weighted by atomic mass is 10.7. The number of carbonyl (C=O) groups excluding carboxylic acids is 1. The summed E-state index contributed by atoms with van der Waals surface area (Å²) in [5.41, 5.74) is 4.97. The second-order valence-corrected chi connectivity index (χ2v) is 6.56. The van der Waals surface area contributed by atoms with Crippen LogP contribution in [0.3, 0.4) is 0 Å². The maximum Gasteiger partial charge on any atom is 0.232 e. The summed E-state index contributed by atoms with van der Waals surface area (Å²) in [6.45, 7) is 2.40. The van der Waals surface area contributed by atoms with Crippen LogP contribution in [0.15, 0.2) is 0 Å². The van der Waals surface area contributed by atoms with Crippen molar-refractivity contribution in [3.8, 4) is 0 Å². The van der Waals surface area contributed by atoms with Gasteiger partial charge in [0, 0.05) is 0 Å².